The Morgan fingerprint density at radius 3 is 2.64 bits per heavy atom. The van der Waals surface area contributed by atoms with Crippen molar-refractivity contribution >= 4 is 5.91 Å². The Kier molecular flexibility index (Phi) is 7.04. The highest BCUT2D eigenvalue weighted by Crippen LogP contribution is 2.30. The molecule has 1 N–H and O–H groups in total. The highest BCUT2D eigenvalue weighted by atomic mass is 16.5. The van der Waals surface area contributed by atoms with Gasteiger partial charge in [-0.25, -0.2) is 0 Å². The summed E-state index contributed by atoms with van der Waals surface area (Å²) in [7, 11) is 0. The first-order valence-corrected chi connectivity index (χ1v) is 10.2. The average Bonchev–Trinajstić information content (AvgIpc) is 2.67. The highest BCUT2D eigenvalue weighted by Gasteiger charge is 2.29. The fourth-order valence-corrected chi connectivity index (χ4v) is 3.90. The van der Waals surface area contributed by atoms with E-state index in [0.717, 1.165) is 43.9 Å². The van der Waals surface area contributed by atoms with Gasteiger partial charge in [0, 0.05) is 19.7 Å². The number of amides is 1. The first-order valence-electron chi connectivity index (χ1n) is 10.2. The molecule has 0 spiro atoms. The number of pyridine rings is 1. The number of piperidine rings is 1. The summed E-state index contributed by atoms with van der Waals surface area (Å²) < 4.78 is 5.81. The van der Waals surface area contributed by atoms with Crippen molar-refractivity contribution in [2.45, 2.75) is 52.3 Å². The van der Waals surface area contributed by atoms with E-state index in [0.29, 0.717) is 5.92 Å². The van der Waals surface area contributed by atoms with Crippen LogP contribution in [-0.4, -0.2) is 35.0 Å². The lowest BCUT2D eigenvalue weighted by Gasteiger charge is -2.36. The molecule has 1 aliphatic rings. The van der Waals surface area contributed by atoms with E-state index >= 15 is 0 Å². The van der Waals surface area contributed by atoms with Gasteiger partial charge in [0.15, 0.2) is 0 Å². The smallest absolute Gasteiger partial charge is 0.217 e. The van der Waals surface area contributed by atoms with Gasteiger partial charge in [-0.3, -0.25) is 14.7 Å². The number of ether oxygens (including phenoxy) is 1. The van der Waals surface area contributed by atoms with Crippen LogP contribution in [0.3, 0.4) is 0 Å². The predicted octanol–water partition coefficient (Wildman–Crippen LogP) is 3.96. The number of rotatable bonds is 7. The third-order valence-electron chi connectivity index (χ3n) is 5.15. The second-order valence-electron chi connectivity index (χ2n) is 7.86. The maximum atomic E-state index is 11.7. The molecule has 5 nitrogen and oxygen atoms in total. The molecule has 5 heteroatoms. The summed E-state index contributed by atoms with van der Waals surface area (Å²) in [4.78, 5) is 18.7. The monoisotopic (exact) mass is 381 g/mol. The van der Waals surface area contributed by atoms with Crippen LogP contribution in [0.1, 0.15) is 50.9 Å². The maximum Gasteiger partial charge on any atom is 0.217 e. The van der Waals surface area contributed by atoms with Gasteiger partial charge in [-0.05, 0) is 75.5 Å². The molecule has 1 aromatic carbocycles. The molecule has 1 atom stereocenters. The zero-order valence-corrected chi connectivity index (χ0v) is 17.1. The molecular weight excluding hydrogens is 350 g/mol. The number of likely N-dealkylation sites (tertiary alicyclic amines) is 1. The number of nitrogens with zero attached hydrogens (tertiary/aromatic N) is 2. The predicted molar refractivity (Wildman–Crippen MR) is 111 cm³/mol. The number of hydrogen-bond acceptors (Lipinski definition) is 4. The fraction of sp³-hybridized carbons (Fsp3) is 0.478. The number of nitrogens with one attached hydrogen (secondary N) is 1. The van der Waals surface area contributed by atoms with E-state index < -0.39 is 0 Å². The number of aromatic nitrogens is 1. The molecule has 1 saturated heterocycles. The second kappa shape index (κ2) is 9.69. The fourth-order valence-electron chi connectivity index (χ4n) is 3.90. The van der Waals surface area contributed by atoms with Crippen LogP contribution in [0.15, 0.2) is 48.7 Å². The van der Waals surface area contributed by atoms with Crippen LogP contribution in [-0.2, 0) is 11.3 Å². The lowest BCUT2D eigenvalue weighted by molar-refractivity contribution is -0.120. The van der Waals surface area contributed by atoms with Crippen molar-refractivity contribution < 1.29 is 9.53 Å². The second-order valence-corrected chi connectivity index (χ2v) is 7.86. The minimum absolute atomic E-state index is 0.0000464. The van der Waals surface area contributed by atoms with E-state index in [-0.39, 0.29) is 18.1 Å². The van der Waals surface area contributed by atoms with Crippen LogP contribution in [0.2, 0.25) is 0 Å². The minimum Gasteiger partial charge on any atom is -0.491 e. The largest absolute Gasteiger partial charge is 0.491 e. The lowest BCUT2D eigenvalue weighted by atomic mass is 9.87. The van der Waals surface area contributed by atoms with Crippen molar-refractivity contribution in [3.05, 3.63) is 59.9 Å². The Morgan fingerprint density at radius 2 is 2.00 bits per heavy atom. The Morgan fingerprint density at radius 1 is 1.21 bits per heavy atom. The van der Waals surface area contributed by atoms with Crippen molar-refractivity contribution in [3.63, 3.8) is 0 Å². The Bertz CT molecular complexity index is 755. The molecule has 28 heavy (non-hydrogen) atoms. The quantitative estimate of drug-likeness (QED) is 0.789. The number of benzene rings is 1. The summed E-state index contributed by atoms with van der Waals surface area (Å²) in [6.07, 6.45) is 4.07. The van der Waals surface area contributed by atoms with Crippen LogP contribution >= 0.6 is 0 Å². The van der Waals surface area contributed by atoms with Crippen LogP contribution in [0.25, 0.3) is 0 Å². The van der Waals surface area contributed by atoms with E-state index in [4.69, 9.17) is 4.74 Å². The molecule has 0 radical (unpaired) electrons. The van der Waals surface area contributed by atoms with E-state index in [1.165, 1.54) is 5.56 Å². The van der Waals surface area contributed by atoms with E-state index in [9.17, 15) is 4.79 Å². The number of carbonyl (C=O) groups excluding carboxylic acids is 1. The maximum absolute atomic E-state index is 11.7. The van der Waals surface area contributed by atoms with E-state index in [2.05, 4.69) is 33.4 Å². The summed E-state index contributed by atoms with van der Waals surface area (Å²) in [6.45, 7) is 8.63. The summed E-state index contributed by atoms with van der Waals surface area (Å²) in [5.74, 6) is 1.34. The number of hydrogen-bond donors (Lipinski definition) is 1. The summed E-state index contributed by atoms with van der Waals surface area (Å²) in [5, 5.41) is 3.12. The van der Waals surface area contributed by atoms with Crippen molar-refractivity contribution in [2.75, 3.05) is 13.1 Å². The van der Waals surface area contributed by atoms with Gasteiger partial charge in [0.25, 0.3) is 0 Å². The average molecular weight is 382 g/mol. The molecule has 3 rings (SSSR count). The number of carbonyl (C=O) groups is 1. The van der Waals surface area contributed by atoms with E-state index in [1.807, 2.05) is 38.1 Å². The standard InChI is InChI=1S/C23H31N3O2/c1-17(2)28-21-8-6-7-19(15-21)16-26-13-10-20(11-14-26)23(25-18(3)27)22-9-4-5-12-24-22/h4-9,12,15,17,20,23H,10-11,13-14,16H2,1-3H3,(H,25,27). The Labute approximate surface area is 168 Å². The molecule has 1 aromatic heterocycles. The first-order chi connectivity index (χ1) is 13.5. The molecule has 0 bridgehead atoms. The van der Waals surface area contributed by atoms with E-state index in [1.54, 1.807) is 13.1 Å². The van der Waals surface area contributed by atoms with Gasteiger partial charge in [-0.15, -0.1) is 0 Å². The first kappa shape index (κ1) is 20.3. The SMILES string of the molecule is CC(=O)NC(c1ccccn1)C1CCN(Cc2cccc(OC(C)C)c2)CC1. The topological polar surface area (TPSA) is 54.5 Å². The van der Waals surface area contributed by atoms with Gasteiger partial charge in [0.1, 0.15) is 5.75 Å². The van der Waals surface area contributed by atoms with Gasteiger partial charge in [0.05, 0.1) is 17.8 Å². The van der Waals surface area contributed by atoms with Gasteiger partial charge in [-0.2, -0.15) is 0 Å². The summed E-state index contributed by atoms with van der Waals surface area (Å²) >= 11 is 0. The van der Waals surface area contributed by atoms with Crippen LogP contribution in [0.5, 0.6) is 5.75 Å². The van der Waals surface area contributed by atoms with Gasteiger partial charge in [0.2, 0.25) is 5.91 Å². The van der Waals surface area contributed by atoms with Crippen LogP contribution in [0, 0.1) is 5.92 Å². The third-order valence-corrected chi connectivity index (χ3v) is 5.15. The lowest BCUT2D eigenvalue weighted by Crippen LogP contribution is -2.40. The molecule has 2 heterocycles. The van der Waals surface area contributed by atoms with Crippen molar-refractivity contribution in [1.29, 1.82) is 0 Å². The highest BCUT2D eigenvalue weighted by molar-refractivity contribution is 5.73. The molecular formula is C23H31N3O2. The van der Waals surface area contributed by atoms with Gasteiger partial charge in [-0.1, -0.05) is 18.2 Å². The molecule has 0 aliphatic carbocycles. The van der Waals surface area contributed by atoms with Gasteiger partial charge < -0.3 is 10.1 Å². The van der Waals surface area contributed by atoms with Crippen LogP contribution < -0.4 is 10.1 Å². The molecule has 0 saturated carbocycles. The van der Waals surface area contributed by atoms with Crippen molar-refractivity contribution in [1.82, 2.24) is 15.2 Å². The van der Waals surface area contributed by atoms with Gasteiger partial charge >= 0.3 is 0 Å². The molecule has 150 valence electrons. The van der Waals surface area contributed by atoms with Crippen molar-refractivity contribution in [2.24, 2.45) is 5.92 Å². The zero-order chi connectivity index (χ0) is 19.9. The Hall–Kier alpha value is -2.40. The molecule has 1 amide bonds. The van der Waals surface area contributed by atoms with Crippen LogP contribution in [0.4, 0.5) is 0 Å². The minimum atomic E-state index is -0.0105. The zero-order valence-electron chi connectivity index (χ0n) is 17.1. The normalized spacial score (nSPS) is 16.7. The Balaban J connectivity index is 1.59. The molecule has 1 aliphatic heterocycles. The molecule has 2 aromatic rings. The van der Waals surface area contributed by atoms with Crippen molar-refractivity contribution in [3.8, 4) is 5.75 Å². The molecule has 1 fully saturated rings. The molecule has 1 unspecified atom stereocenters. The summed E-state index contributed by atoms with van der Waals surface area (Å²) in [6, 6.07) is 14.3. The third kappa shape index (κ3) is 5.80. The summed E-state index contributed by atoms with van der Waals surface area (Å²) in [5.41, 5.74) is 2.23.